The fraction of sp³-hybridized carbons (Fsp3) is 0.524. The van der Waals surface area contributed by atoms with Crippen LogP contribution in [0.3, 0.4) is 0 Å². The number of thioether (sulfide) groups is 1. The molecule has 0 N–H and O–H groups in total. The SMILES string of the molecule is COC(=O)c1ccc2c(=O)n(CC(C)C)c(SC(C)C(=O)N3CCOCC3)nc2c1. The standard InChI is InChI=1S/C21H27N3O5S/c1-13(2)12-24-19(26)16-6-5-15(20(27)28-4)11-17(16)22-21(24)30-14(3)18(25)23-7-9-29-10-8-23/h5-6,11,13-14H,7-10,12H2,1-4H3. The predicted octanol–water partition coefficient (Wildman–Crippen LogP) is 2.18. The Morgan fingerprint density at radius 3 is 2.57 bits per heavy atom. The number of aromatic nitrogens is 2. The number of esters is 1. The van der Waals surface area contributed by atoms with Crippen LogP contribution in [-0.2, 0) is 20.8 Å². The molecule has 2 heterocycles. The highest BCUT2D eigenvalue weighted by atomic mass is 32.2. The smallest absolute Gasteiger partial charge is 0.337 e. The second-order valence-corrected chi connectivity index (χ2v) is 8.93. The van der Waals surface area contributed by atoms with Crippen LogP contribution in [0.5, 0.6) is 0 Å². The van der Waals surface area contributed by atoms with Gasteiger partial charge < -0.3 is 14.4 Å². The van der Waals surface area contributed by atoms with Gasteiger partial charge in [-0.1, -0.05) is 25.6 Å². The second-order valence-electron chi connectivity index (χ2n) is 7.63. The molecular weight excluding hydrogens is 406 g/mol. The van der Waals surface area contributed by atoms with Crippen molar-refractivity contribution in [2.75, 3.05) is 33.4 Å². The quantitative estimate of drug-likeness (QED) is 0.392. The summed E-state index contributed by atoms with van der Waals surface area (Å²) in [6.07, 6.45) is 0. The number of amides is 1. The average molecular weight is 434 g/mol. The summed E-state index contributed by atoms with van der Waals surface area (Å²) in [6, 6.07) is 4.72. The van der Waals surface area contributed by atoms with E-state index < -0.39 is 11.2 Å². The van der Waals surface area contributed by atoms with E-state index in [1.165, 1.54) is 18.9 Å². The molecular formula is C21H27N3O5S. The fourth-order valence-corrected chi connectivity index (χ4v) is 4.31. The molecule has 8 nitrogen and oxygen atoms in total. The minimum atomic E-state index is -0.491. The molecule has 1 aromatic carbocycles. The number of hydrogen-bond donors (Lipinski definition) is 0. The molecule has 9 heteroatoms. The van der Waals surface area contributed by atoms with Gasteiger partial charge in [0.1, 0.15) is 0 Å². The van der Waals surface area contributed by atoms with Crippen molar-refractivity contribution in [1.82, 2.24) is 14.5 Å². The first-order valence-electron chi connectivity index (χ1n) is 9.98. The van der Waals surface area contributed by atoms with Gasteiger partial charge in [0.15, 0.2) is 5.16 Å². The number of fused-ring (bicyclic) bond motifs is 1. The fourth-order valence-electron chi connectivity index (χ4n) is 3.31. The minimum Gasteiger partial charge on any atom is -0.465 e. The Labute approximate surface area is 179 Å². The first kappa shape index (κ1) is 22.3. The van der Waals surface area contributed by atoms with Crippen molar-refractivity contribution in [3.05, 3.63) is 34.1 Å². The van der Waals surface area contributed by atoms with Gasteiger partial charge in [0.25, 0.3) is 5.56 Å². The van der Waals surface area contributed by atoms with Gasteiger partial charge >= 0.3 is 5.97 Å². The zero-order chi connectivity index (χ0) is 21.8. The van der Waals surface area contributed by atoms with Crippen molar-refractivity contribution < 1.29 is 19.1 Å². The molecule has 1 aliphatic rings. The zero-order valence-electron chi connectivity index (χ0n) is 17.7. The first-order chi connectivity index (χ1) is 14.3. The molecule has 0 spiro atoms. The number of rotatable bonds is 6. The summed E-state index contributed by atoms with van der Waals surface area (Å²) >= 11 is 1.27. The molecule has 1 atom stereocenters. The molecule has 2 aromatic rings. The number of hydrogen-bond acceptors (Lipinski definition) is 7. The third-order valence-electron chi connectivity index (χ3n) is 4.84. The van der Waals surface area contributed by atoms with Crippen molar-refractivity contribution in [3.63, 3.8) is 0 Å². The number of ether oxygens (including phenoxy) is 2. The molecule has 162 valence electrons. The predicted molar refractivity (Wildman–Crippen MR) is 115 cm³/mol. The van der Waals surface area contributed by atoms with Gasteiger partial charge in [-0.3, -0.25) is 14.2 Å². The zero-order valence-corrected chi connectivity index (χ0v) is 18.5. The molecule has 0 radical (unpaired) electrons. The topological polar surface area (TPSA) is 90.7 Å². The van der Waals surface area contributed by atoms with Crippen LogP contribution in [-0.4, -0.2) is 65.0 Å². The van der Waals surface area contributed by atoms with E-state index in [4.69, 9.17) is 9.47 Å². The van der Waals surface area contributed by atoms with Crippen LogP contribution in [0.2, 0.25) is 0 Å². The largest absolute Gasteiger partial charge is 0.465 e. The number of carbonyl (C=O) groups is 2. The highest BCUT2D eigenvalue weighted by Crippen LogP contribution is 2.25. The van der Waals surface area contributed by atoms with Crippen molar-refractivity contribution >= 4 is 34.5 Å². The Morgan fingerprint density at radius 1 is 1.23 bits per heavy atom. The van der Waals surface area contributed by atoms with Gasteiger partial charge in [-0.15, -0.1) is 0 Å². The summed E-state index contributed by atoms with van der Waals surface area (Å²) in [5.74, 6) is -0.270. The molecule has 1 amide bonds. The minimum absolute atomic E-state index is 0.00273. The van der Waals surface area contributed by atoms with Crippen LogP contribution in [0, 0.1) is 5.92 Å². The van der Waals surface area contributed by atoms with E-state index in [1.807, 2.05) is 20.8 Å². The van der Waals surface area contributed by atoms with Crippen LogP contribution in [0.15, 0.2) is 28.2 Å². The van der Waals surface area contributed by atoms with Crippen molar-refractivity contribution in [2.45, 2.75) is 37.7 Å². The molecule has 1 aromatic heterocycles. The molecule has 0 bridgehead atoms. The summed E-state index contributed by atoms with van der Waals surface area (Å²) in [7, 11) is 1.31. The van der Waals surface area contributed by atoms with Crippen molar-refractivity contribution in [2.24, 2.45) is 5.92 Å². The normalized spacial score (nSPS) is 15.4. The maximum atomic E-state index is 13.2. The summed E-state index contributed by atoms with van der Waals surface area (Å²) < 4.78 is 11.7. The molecule has 0 aliphatic carbocycles. The maximum absolute atomic E-state index is 13.2. The average Bonchev–Trinajstić information content (AvgIpc) is 2.75. The third kappa shape index (κ3) is 4.84. The lowest BCUT2D eigenvalue weighted by Crippen LogP contribution is -2.44. The van der Waals surface area contributed by atoms with Crippen molar-refractivity contribution in [1.29, 1.82) is 0 Å². The number of nitrogens with zero attached hydrogens (tertiary/aromatic N) is 3. The Hall–Kier alpha value is -2.39. The third-order valence-corrected chi connectivity index (χ3v) is 5.92. The molecule has 0 saturated carbocycles. The van der Waals surface area contributed by atoms with E-state index in [0.717, 1.165) is 0 Å². The van der Waals surface area contributed by atoms with Gasteiger partial charge in [-0.05, 0) is 31.0 Å². The lowest BCUT2D eigenvalue weighted by Gasteiger charge is -2.29. The summed E-state index contributed by atoms with van der Waals surface area (Å²) in [6.45, 7) is 8.55. The first-order valence-corrected chi connectivity index (χ1v) is 10.9. The van der Waals surface area contributed by atoms with Crippen molar-refractivity contribution in [3.8, 4) is 0 Å². The van der Waals surface area contributed by atoms with Crippen LogP contribution < -0.4 is 5.56 Å². The summed E-state index contributed by atoms with van der Waals surface area (Å²) in [4.78, 5) is 44.3. The second kappa shape index (κ2) is 9.61. The van der Waals surface area contributed by atoms with E-state index in [2.05, 4.69) is 4.98 Å². The highest BCUT2D eigenvalue weighted by Gasteiger charge is 2.25. The molecule has 30 heavy (non-hydrogen) atoms. The lowest BCUT2D eigenvalue weighted by atomic mass is 10.1. The molecule has 1 fully saturated rings. The number of methoxy groups -OCH3 is 1. The molecule has 3 rings (SSSR count). The maximum Gasteiger partial charge on any atom is 0.337 e. The summed E-state index contributed by atoms with van der Waals surface area (Å²) in [5.41, 5.74) is 0.557. The number of carbonyl (C=O) groups excluding carboxylic acids is 2. The van der Waals surface area contributed by atoms with Crippen LogP contribution in [0.1, 0.15) is 31.1 Å². The monoisotopic (exact) mass is 433 g/mol. The van der Waals surface area contributed by atoms with Gasteiger partial charge in [0.05, 0.1) is 42.0 Å². The van der Waals surface area contributed by atoms with Crippen LogP contribution in [0.25, 0.3) is 10.9 Å². The molecule has 1 aliphatic heterocycles. The number of morpholine rings is 1. The van der Waals surface area contributed by atoms with Gasteiger partial charge in [0, 0.05) is 19.6 Å². The van der Waals surface area contributed by atoms with E-state index >= 15 is 0 Å². The Kier molecular flexibility index (Phi) is 7.14. The Balaban J connectivity index is 2.00. The van der Waals surface area contributed by atoms with Gasteiger partial charge in [-0.25, -0.2) is 9.78 Å². The van der Waals surface area contributed by atoms with Gasteiger partial charge in [-0.2, -0.15) is 0 Å². The molecule has 1 saturated heterocycles. The van der Waals surface area contributed by atoms with E-state index in [0.29, 0.717) is 54.5 Å². The van der Waals surface area contributed by atoms with E-state index in [9.17, 15) is 14.4 Å². The Bertz CT molecular complexity index is 998. The summed E-state index contributed by atoms with van der Waals surface area (Å²) in [5, 5.41) is 0.492. The van der Waals surface area contributed by atoms with E-state index in [-0.39, 0.29) is 17.4 Å². The van der Waals surface area contributed by atoms with Gasteiger partial charge in [0.2, 0.25) is 5.91 Å². The Morgan fingerprint density at radius 2 is 1.93 bits per heavy atom. The van der Waals surface area contributed by atoms with Crippen LogP contribution in [0.4, 0.5) is 0 Å². The van der Waals surface area contributed by atoms with E-state index in [1.54, 1.807) is 27.7 Å². The van der Waals surface area contributed by atoms with Crippen LogP contribution >= 0.6 is 11.8 Å². The lowest BCUT2D eigenvalue weighted by molar-refractivity contribution is -0.134. The number of benzene rings is 1. The molecule has 1 unspecified atom stereocenters. The highest BCUT2D eigenvalue weighted by molar-refractivity contribution is 8.00.